The monoisotopic (exact) mass is 233 g/mol. The van der Waals surface area contributed by atoms with E-state index in [1.165, 1.54) is 5.56 Å². The number of anilines is 1. The lowest BCUT2D eigenvalue weighted by atomic mass is 10.0. The molecular formula is C14H23N3. The van der Waals surface area contributed by atoms with E-state index in [0.717, 1.165) is 30.7 Å². The molecule has 3 nitrogen and oxygen atoms in total. The Morgan fingerprint density at radius 2 is 1.94 bits per heavy atom. The molecule has 0 aromatic carbocycles. The molecule has 0 spiro atoms. The lowest BCUT2D eigenvalue weighted by Crippen LogP contribution is -2.21. The summed E-state index contributed by atoms with van der Waals surface area (Å²) in [4.78, 5) is 6.98. The maximum Gasteiger partial charge on any atom is 0.128 e. The van der Waals surface area contributed by atoms with Gasteiger partial charge in [-0.1, -0.05) is 19.9 Å². The lowest BCUT2D eigenvalue weighted by Gasteiger charge is -2.18. The van der Waals surface area contributed by atoms with Gasteiger partial charge in [-0.05, 0) is 37.4 Å². The fourth-order valence-corrected chi connectivity index (χ4v) is 2.32. The second kappa shape index (κ2) is 5.05. The molecule has 17 heavy (non-hydrogen) atoms. The van der Waals surface area contributed by atoms with Gasteiger partial charge in [-0.2, -0.15) is 0 Å². The van der Waals surface area contributed by atoms with Crippen LogP contribution in [0.15, 0.2) is 18.3 Å². The van der Waals surface area contributed by atoms with E-state index in [1.54, 1.807) is 0 Å². The summed E-state index contributed by atoms with van der Waals surface area (Å²) in [5.74, 6) is 2.66. The van der Waals surface area contributed by atoms with Crippen LogP contribution in [-0.2, 0) is 0 Å². The van der Waals surface area contributed by atoms with Crippen LogP contribution in [0.5, 0.6) is 0 Å². The molecule has 3 unspecified atom stereocenters. The number of pyridine rings is 1. The van der Waals surface area contributed by atoms with Gasteiger partial charge in [0, 0.05) is 25.3 Å². The van der Waals surface area contributed by atoms with Crippen molar-refractivity contribution in [2.24, 2.45) is 11.8 Å². The predicted octanol–water partition coefficient (Wildman–Crippen LogP) is 2.45. The molecule has 2 heterocycles. The summed E-state index contributed by atoms with van der Waals surface area (Å²) in [5.41, 5.74) is 1.25. The van der Waals surface area contributed by atoms with Crippen molar-refractivity contribution in [2.75, 3.05) is 25.0 Å². The molecule has 3 atom stereocenters. The fourth-order valence-electron chi connectivity index (χ4n) is 2.32. The largest absolute Gasteiger partial charge is 0.356 e. The van der Waals surface area contributed by atoms with Gasteiger partial charge in [-0.3, -0.25) is 0 Å². The Hall–Kier alpha value is -1.09. The molecule has 0 bridgehead atoms. The van der Waals surface area contributed by atoms with Crippen LogP contribution in [-0.4, -0.2) is 25.1 Å². The zero-order chi connectivity index (χ0) is 12.4. The van der Waals surface area contributed by atoms with Crippen LogP contribution in [0.4, 0.5) is 5.82 Å². The molecule has 2 rings (SSSR count). The van der Waals surface area contributed by atoms with E-state index in [9.17, 15) is 0 Å². The zero-order valence-electron chi connectivity index (χ0n) is 11.3. The first kappa shape index (κ1) is 12.4. The number of rotatable bonds is 3. The minimum absolute atomic E-state index is 0.368. The Morgan fingerprint density at radius 3 is 2.41 bits per heavy atom. The molecule has 1 saturated heterocycles. The van der Waals surface area contributed by atoms with E-state index >= 15 is 0 Å². The Bertz CT molecular complexity index is 350. The first-order valence-electron chi connectivity index (χ1n) is 6.50. The molecular weight excluding hydrogens is 210 g/mol. The van der Waals surface area contributed by atoms with Crippen molar-refractivity contribution in [3.05, 3.63) is 23.9 Å². The van der Waals surface area contributed by atoms with E-state index in [1.807, 2.05) is 13.2 Å². The van der Waals surface area contributed by atoms with Gasteiger partial charge in [-0.25, -0.2) is 4.98 Å². The van der Waals surface area contributed by atoms with Crippen molar-refractivity contribution in [3.8, 4) is 0 Å². The SMILES string of the molecule is CNC(C)c1ccc(N2CC(C)C(C)C2)nc1. The van der Waals surface area contributed by atoms with E-state index in [0.29, 0.717) is 6.04 Å². The highest BCUT2D eigenvalue weighted by Crippen LogP contribution is 2.26. The van der Waals surface area contributed by atoms with Crippen LogP contribution in [0, 0.1) is 11.8 Å². The number of hydrogen-bond acceptors (Lipinski definition) is 3. The van der Waals surface area contributed by atoms with Crippen molar-refractivity contribution >= 4 is 5.82 Å². The summed E-state index contributed by atoms with van der Waals surface area (Å²) in [7, 11) is 1.97. The van der Waals surface area contributed by atoms with E-state index < -0.39 is 0 Å². The second-order valence-electron chi connectivity index (χ2n) is 5.32. The van der Waals surface area contributed by atoms with Crippen LogP contribution in [0.2, 0.25) is 0 Å². The molecule has 0 saturated carbocycles. The maximum atomic E-state index is 4.58. The number of nitrogens with one attached hydrogen (secondary N) is 1. The highest BCUT2D eigenvalue weighted by Gasteiger charge is 2.26. The molecule has 3 heteroatoms. The van der Waals surface area contributed by atoms with Crippen LogP contribution in [0.1, 0.15) is 32.4 Å². The van der Waals surface area contributed by atoms with Crippen LogP contribution >= 0.6 is 0 Å². The smallest absolute Gasteiger partial charge is 0.128 e. The summed E-state index contributed by atoms with van der Waals surface area (Å²) >= 11 is 0. The highest BCUT2D eigenvalue weighted by atomic mass is 15.2. The molecule has 1 N–H and O–H groups in total. The van der Waals surface area contributed by atoms with Crippen molar-refractivity contribution in [1.82, 2.24) is 10.3 Å². The van der Waals surface area contributed by atoms with Gasteiger partial charge >= 0.3 is 0 Å². The molecule has 1 aliphatic heterocycles. The normalized spacial score (nSPS) is 26.2. The van der Waals surface area contributed by atoms with Crippen molar-refractivity contribution < 1.29 is 0 Å². The third-order valence-corrected chi connectivity index (χ3v) is 4.02. The van der Waals surface area contributed by atoms with Crippen molar-refractivity contribution in [2.45, 2.75) is 26.8 Å². The first-order valence-corrected chi connectivity index (χ1v) is 6.50. The maximum absolute atomic E-state index is 4.58. The molecule has 0 aliphatic carbocycles. The van der Waals surface area contributed by atoms with Gasteiger partial charge in [0.05, 0.1) is 0 Å². The van der Waals surface area contributed by atoms with Gasteiger partial charge in [0.25, 0.3) is 0 Å². The molecule has 94 valence electrons. The van der Waals surface area contributed by atoms with E-state index in [2.05, 4.69) is 48.1 Å². The standard InChI is InChI=1S/C14H23N3/c1-10-8-17(9-11(10)2)14-6-5-13(7-16-14)12(3)15-4/h5-7,10-12,15H,8-9H2,1-4H3. The number of hydrogen-bond donors (Lipinski definition) is 1. The minimum atomic E-state index is 0.368. The van der Waals surface area contributed by atoms with Gasteiger partial charge in [0.1, 0.15) is 5.82 Å². The summed E-state index contributed by atoms with van der Waals surface area (Å²) < 4.78 is 0. The third-order valence-electron chi connectivity index (χ3n) is 4.02. The average Bonchev–Trinajstić information content (AvgIpc) is 2.69. The average molecular weight is 233 g/mol. The van der Waals surface area contributed by atoms with Gasteiger partial charge in [-0.15, -0.1) is 0 Å². The first-order chi connectivity index (χ1) is 8.11. The quantitative estimate of drug-likeness (QED) is 0.869. The zero-order valence-corrected chi connectivity index (χ0v) is 11.3. The van der Waals surface area contributed by atoms with Gasteiger partial charge in [0.15, 0.2) is 0 Å². The molecule has 0 amide bonds. The highest BCUT2D eigenvalue weighted by molar-refractivity contribution is 5.41. The number of aromatic nitrogens is 1. The molecule has 1 aliphatic rings. The van der Waals surface area contributed by atoms with Crippen molar-refractivity contribution in [1.29, 1.82) is 0 Å². The molecule has 1 aromatic heterocycles. The van der Waals surface area contributed by atoms with Crippen LogP contribution in [0.3, 0.4) is 0 Å². The second-order valence-corrected chi connectivity index (χ2v) is 5.32. The van der Waals surface area contributed by atoms with E-state index in [4.69, 9.17) is 0 Å². The third kappa shape index (κ3) is 2.60. The molecule has 1 aromatic rings. The lowest BCUT2D eigenvalue weighted by molar-refractivity contribution is 0.494. The molecule has 1 fully saturated rings. The molecule has 0 radical (unpaired) electrons. The van der Waals surface area contributed by atoms with Crippen molar-refractivity contribution in [3.63, 3.8) is 0 Å². The summed E-state index contributed by atoms with van der Waals surface area (Å²) in [6.07, 6.45) is 1.99. The Labute approximate surface area is 104 Å². The van der Waals surface area contributed by atoms with Gasteiger partial charge < -0.3 is 10.2 Å². The van der Waals surface area contributed by atoms with Crippen LogP contribution < -0.4 is 10.2 Å². The Kier molecular flexibility index (Phi) is 3.67. The Morgan fingerprint density at radius 1 is 1.29 bits per heavy atom. The van der Waals surface area contributed by atoms with Crippen LogP contribution in [0.25, 0.3) is 0 Å². The summed E-state index contributed by atoms with van der Waals surface area (Å²) in [5, 5.41) is 3.23. The van der Waals surface area contributed by atoms with Gasteiger partial charge in [0.2, 0.25) is 0 Å². The van der Waals surface area contributed by atoms with E-state index in [-0.39, 0.29) is 0 Å². The summed E-state index contributed by atoms with van der Waals surface area (Å²) in [6.45, 7) is 9.06. The Balaban J connectivity index is 2.08. The number of nitrogens with zero attached hydrogens (tertiary/aromatic N) is 2. The minimum Gasteiger partial charge on any atom is -0.356 e. The fraction of sp³-hybridized carbons (Fsp3) is 0.643. The topological polar surface area (TPSA) is 28.2 Å². The summed E-state index contributed by atoms with van der Waals surface area (Å²) in [6, 6.07) is 4.69. The predicted molar refractivity (Wildman–Crippen MR) is 72.3 cm³/mol.